The zero-order valence-electron chi connectivity index (χ0n) is 18.9. The standard InChI is InChI=1S/C31H22N2O/c1-33-25-10-4-2-7-20(25)31-26(33)16-15-24-30(31)22-17-18(13-14-23(22)32-24)19-9-6-12-28-29(19)21-8-3-5-11-27(21)34-28/h2-3,5-9,11-17,32H,4,10H2,1H3. The number of furan rings is 1. The fraction of sp³-hybridized carbons (Fsp3) is 0.0968. The van der Waals surface area contributed by atoms with Crippen LogP contribution in [-0.4, -0.2) is 9.55 Å². The molecule has 8 rings (SSSR count). The Morgan fingerprint density at radius 3 is 2.65 bits per heavy atom. The lowest BCUT2D eigenvalue weighted by molar-refractivity contribution is 0.669. The zero-order chi connectivity index (χ0) is 22.4. The molecule has 3 heterocycles. The van der Waals surface area contributed by atoms with Gasteiger partial charge in [-0.15, -0.1) is 0 Å². The van der Waals surface area contributed by atoms with E-state index >= 15 is 0 Å². The van der Waals surface area contributed by atoms with Gasteiger partial charge in [0.2, 0.25) is 0 Å². The summed E-state index contributed by atoms with van der Waals surface area (Å²) in [4.78, 5) is 3.67. The number of nitrogens with zero attached hydrogens (tertiary/aromatic N) is 1. The number of aromatic nitrogens is 2. The van der Waals surface area contributed by atoms with Gasteiger partial charge in [-0.3, -0.25) is 0 Å². The summed E-state index contributed by atoms with van der Waals surface area (Å²) in [5.74, 6) is 0. The molecule has 0 fully saturated rings. The van der Waals surface area contributed by atoms with Crippen molar-refractivity contribution in [3.8, 4) is 11.1 Å². The summed E-state index contributed by atoms with van der Waals surface area (Å²) in [6, 6.07) is 26.0. The Morgan fingerprint density at radius 2 is 1.68 bits per heavy atom. The molecule has 0 atom stereocenters. The fourth-order valence-electron chi connectivity index (χ4n) is 6.09. The average molecular weight is 439 g/mol. The van der Waals surface area contributed by atoms with Crippen molar-refractivity contribution in [2.75, 3.05) is 0 Å². The van der Waals surface area contributed by atoms with Crippen LogP contribution in [0, 0.1) is 0 Å². The minimum Gasteiger partial charge on any atom is -0.456 e. The van der Waals surface area contributed by atoms with Gasteiger partial charge >= 0.3 is 0 Å². The highest BCUT2D eigenvalue weighted by Gasteiger charge is 2.20. The molecular weight excluding hydrogens is 416 g/mol. The third kappa shape index (κ3) is 2.26. The predicted octanol–water partition coefficient (Wildman–Crippen LogP) is 8.34. The summed E-state index contributed by atoms with van der Waals surface area (Å²) in [6.07, 6.45) is 6.84. The van der Waals surface area contributed by atoms with E-state index in [0.717, 1.165) is 29.4 Å². The van der Waals surface area contributed by atoms with Crippen molar-refractivity contribution in [1.82, 2.24) is 9.55 Å². The molecule has 1 N–H and O–H groups in total. The van der Waals surface area contributed by atoms with E-state index in [1.54, 1.807) is 0 Å². The van der Waals surface area contributed by atoms with Crippen molar-refractivity contribution in [1.29, 1.82) is 0 Å². The van der Waals surface area contributed by atoms with E-state index in [1.165, 1.54) is 60.5 Å². The van der Waals surface area contributed by atoms with E-state index in [9.17, 15) is 0 Å². The molecule has 0 saturated carbocycles. The molecule has 3 aromatic heterocycles. The largest absolute Gasteiger partial charge is 0.456 e. The topological polar surface area (TPSA) is 33.9 Å². The van der Waals surface area contributed by atoms with Crippen LogP contribution in [0.25, 0.3) is 71.9 Å². The predicted molar refractivity (Wildman–Crippen MR) is 142 cm³/mol. The lowest BCUT2D eigenvalue weighted by Gasteiger charge is -2.07. The van der Waals surface area contributed by atoms with Gasteiger partial charge in [-0.25, -0.2) is 0 Å². The summed E-state index contributed by atoms with van der Waals surface area (Å²) in [5.41, 5.74) is 10.8. The first kappa shape index (κ1) is 18.2. The van der Waals surface area contributed by atoms with E-state index in [0.29, 0.717) is 0 Å². The van der Waals surface area contributed by atoms with Crippen LogP contribution in [0.1, 0.15) is 17.7 Å². The maximum absolute atomic E-state index is 6.16. The number of nitrogens with one attached hydrogen (secondary N) is 1. The second-order valence-electron chi connectivity index (χ2n) is 9.40. The van der Waals surface area contributed by atoms with Crippen molar-refractivity contribution in [3.05, 3.63) is 90.1 Å². The van der Waals surface area contributed by atoms with Crippen LogP contribution in [0.3, 0.4) is 0 Å². The second-order valence-corrected chi connectivity index (χ2v) is 9.40. The highest BCUT2D eigenvalue weighted by molar-refractivity contribution is 6.23. The first-order chi connectivity index (χ1) is 16.8. The molecule has 0 bridgehead atoms. The number of fused-ring (bicyclic) bond motifs is 10. The number of benzene rings is 4. The maximum atomic E-state index is 6.16. The minimum absolute atomic E-state index is 0.933. The van der Waals surface area contributed by atoms with Crippen LogP contribution in [0.4, 0.5) is 0 Å². The Balaban J connectivity index is 1.49. The molecule has 0 unspecified atom stereocenters. The lowest BCUT2D eigenvalue weighted by atomic mass is 9.96. The molecule has 0 spiro atoms. The minimum atomic E-state index is 0.933. The molecule has 0 aliphatic heterocycles. The first-order valence-corrected chi connectivity index (χ1v) is 11.9. The molecule has 34 heavy (non-hydrogen) atoms. The number of H-pyrrole nitrogens is 1. The number of aryl methyl sites for hydroxylation is 1. The quantitative estimate of drug-likeness (QED) is 0.275. The van der Waals surface area contributed by atoms with Crippen LogP contribution in [0.15, 0.2) is 83.3 Å². The van der Waals surface area contributed by atoms with E-state index in [2.05, 4.69) is 89.4 Å². The monoisotopic (exact) mass is 438 g/mol. The van der Waals surface area contributed by atoms with Gasteiger partial charge in [-0.2, -0.15) is 0 Å². The smallest absolute Gasteiger partial charge is 0.136 e. The van der Waals surface area contributed by atoms with Crippen molar-refractivity contribution >= 4 is 60.7 Å². The van der Waals surface area contributed by atoms with Gasteiger partial charge in [-0.1, -0.05) is 48.6 Å². The molecule has 0 radical (unpaired) electrons. The van der Waals surface area contributed by atoms with Crippen LogP contribution in [0.2, 0.25) is 0 Å². The number of hydrogen-bond donors (Lipinski definition) is 1. The summed E-state index contributed by atoms with van der Waals surface area (Å²) in [5, 5.41) is 6.30. The number of rotatable bonds is 1. The Morgan fingerprint density at radius 1 is 0.794 bits per heavy atom. The van der Waals surface area contributed by atoms with Crippen molar-refractivity contribution in [2.45, 2.75) is 12.8 Å². The normalized spacial score (nSPS) is 13.7. The van der Waals surface area contributed by atoms with E-state index < -0.39 is 0 Å². The number of para-hydroxylation sites is 1. The Bertz CT molecular complexity index is 1980. The summed E-state index contributed by atoms with van der Waals surface area (Å²) in [6.45, 7) is 0. The van der Waals surface area contributed by atoms with Gasteiger partial charge in [-0.05, 0) is 60.4 Å². The van der Waals surface area contributed by atoms with Crippen LogP contribution in [-0.2, 0) is 13.5 Å². The van der Waals surface area contributed by atoms with Gasteiger partial charge in [0.25, 0.3) is 0 Å². The Hall–Kier alpha value is -4.24. The summed E-state index contributed by atoms with van der Waals surface area (Å²) in [7, 11) is 2.21. The van der Waals surface area contributed by atoms with Crippen molar-refractivity contribution < 1.29 is 4.42 Å². The van der Waals surface area contributed by atoms with Crippen LogP contribution >= 0.6 is 0 Å². The van der Waals surface area contributed by atoms with Gasteiger partial charge in [0, 0.05) is 61.8 Å². The molecule has 0 amide bonds. The fourth-order valence-corrected chi connectivity index (χ4v) is 6.09. The first-order valence-electron chi connectivity index (χ1n) is 11.9. The van der Waals surface area contributed by atoms with Gasteiger partial charge in [0.1, 0.15) is 11.2 Å². The number of aromatic amines is 1. The Kier molecular flexibility index (Phi) is 3.44. The van der Waals surface area contributed by atoms with E-state index in [1.807, 2.05) is 12.1 Å². The maximum Gasteiger partial charge on any atom is 0.136 e. The highest BCUT2D eigenvalue weighted by Crippen LogP contribution is 2.42. The zero-order valence-corrected chi connectivity index (χ0v) is 18.9. The number of hydrogen-bond acceptors (Lipinski definition) is 1. The molecule has 7 aromatic rings. The molecule has 162 valence electrons. The third-order valence-electron chi connectivity index (χ3n) is 7.63. The average Bonchev–Trinajstić information content (AvgIpc) is 3.53. The molecule has 1 aliphatic rings. The SMILES string of the molecule is Cn1c2c(c3c4c(ccc31)[nH]c1ccc(-c3cccc5oc6ccccc6c35)cc14)C=CCC2. The summed E-state index contributed by atoms with van der Waals surface area (Å²) < 4.78 is 8.55. The van der Waals surface area contributed by atoms with E-state index in [-0.39, 0.29) is 0 Å². The van der Waals surface area contributed by atoms with Crippen LogP contribution < -0.4 is 0 Å². The van der Waals surface area contributed by atoms with Crippen molar-refractivity contribution in [2.24, 2.45) is 7.05 Å². The number of allylic oxidation sites excluding steroid dienone is 1. The van der Waals surface area contributed by atoms with Crippen molar-refractivity contribution in [3.63, 3.8) is 0 Å². The molecule has 3 nitrogen and oxygen atoms in total. The molecule has 4 aromatic carbocycles. The molecule has 1 aliphatic carbocycles. The highest BCUT2D eigenvalue weighted by atomic mass is 16.3. The summed E-state index contributed by atoms with van der Waals surface area (Å²) >= 11 is 0. The molecular formula is C31H22N2O. The van der Waals surface area contributed by atoms with Gasteiger partial charge in [0.05, 0.1) is 0 Å². The molecule has 0 saturated heterocycles. The van der Waals surface area contributed by atoms with Crippen LogP contribution in [0.5, 0.6) is 0 Å². The van der Waals surface area contributed by atoms with E-state index in [4.69, 9.17) is 4.42 Å². The van der Waals surface area contributed by atoms with Gasteiger partial charge in [0.15, 0.2) is 0 Å². The molecule has 3 heteroatoms. The third-order valence-corrected chi connectivity index (χ3v) is 7.63. The van der Waals surface area contributed by atoms with Gasteiger partial charge < -0.3 is 14.0 Å². The lowest BCUT2D eigenvalue weighted by Crippen LogP contribution is -1.99. The second kappa shape index (κ2) is 6.42. The Labute approximate surface area is 195 Å².